The highest BCUT2D eigenvalue weighted by Gasteiger charge is 2.32. The molecule has 0 saturated carbocycles. The van der Waals surface area contributed by atoms with E-state index in [-0.39, 0.29) is 6.04 Å². The van der Waals surface area contributed by atoms with E-state index in [0.29, 0.717) is 5.56 Å². The Hall–Kier alpha value is -0.590. The van der Waals surface area contributed by atoms with E-state index >= 15 is 0 Å². The molecule has 1 aromatic carbocycles. The van der Waals surface area contributed by atoms with Crippen molar-refractivity contribution in [1.29, 1.82) is 0 Å². The Bertz CT molecular complexity index is 442. The molecule has 0 unspecified atom stereocenters. The third-order valence-corrected chi connectivity index (χ3v) is 4.19. The molecule has 19 heavy (non-hydrogen) atoms. The fourth-order valence-corrected chi connectivity index (χ4v) is 2.88. The number of nitrogens with one attached hydrogen (secondary N) is 1. The van der Waals surface area contributed by atoms with E-state index in [1.54, 1.807) is 0 Å². The molecule has 0 aliphatic carbocycles. The van der Waals surface area contributed by atoms with Gasteiger partial charge in [-0.3, -0.25) is 4.90 Å². The van der Waals surface area contributed by atoms with Crippen molar-refractivity contribution in [3.63, 3.8) is 0 Å². The number of alkyl halides is 3. The summed E-state index contributed by atoms with van der Waals surface area (Å²) in [4.78, 5) is 2.19. The van der Waals surface area contributed by atoms with Crippen molar-refractivity contribution in [3.05, 3.63) is 33.8 Å². The fourth-order valence-electron chi connectivity index (χ4n) is 2.31. The van der Waals surface area contributed by atoms with E-state index in [1.807, 2.05) is 6.92 Å². The van der Waals surface area contributed by atoms with E-state index < -0.39 is 11.7 Å². The minimum absolute atomic E-state index is 0.0289. The van der Waals surface area contributed by atoms with Crippen molar-refractivity contribution in [3.8, 4) is 0 Å². The molecule has 1 heterocycles. The average Bonchev–Trinajstić information content (AvgIpc) is 2.38. The smallest absolute Gasteiger partial charge is 0.314 e. The molecule has 1 aliphatic heterocycles. The Labute approximate surface area is 119 Å². The average molecular weight is 337 g/mol. The number of benzene rings is 1. The summed E-state index contributed by atoms with van der Waals surface area (Å²) in [6, 6.07) is 3.81. The summed E-state index contributed by atoms with van der Waals surface area (Å²) in [5.41, 5.74) is 0.101. The monoisotopic (exact) mass is 336 g/mol. The topological polar surface area (TPSA) is 15.3 Å². The number of hydrogen-bond donors (Lipinski definition) is 1. The molecule has 0 radical (unpaired) electrons. The minimum atomic E-state index is -4.29. The van der Waals surface area contributed by atoms with Gasteiger partial charge in [-0.25, -0.2) is 0 Å². The van der Waals surface area contributed by atoms with Crippen molar-refractivity contribution in [2.24, 2.45) is 0 Å². The Balaban J connectivity index is 2.27. The highest BCUT2D eigenvalue weighted by Crippen LogP contribution is 2.35. The van der Waals surface area contributed by atoms with Crippen LogP contribution in [-0.2, 0) is 6.18 Å². The van der Waals surface area contributed by atoms with Crippen LogP contribution in [0.1, 0.15) is 24.1 Å². The van der Waals surface area contributed by atoms with Crippen LogP contribution in [0.15, 0.2) is 22.7 Å². The summed E-state index contributed by atoms with van der Waals surface area (Å²) in [7, 11) is 0. The molecule has 1 aliphatic rings. The molecule has 1 fully saturated rings. The predicted molar refractivity (Wildman–Crippen MR) is 72.0 cm³/mol. The molecular weight excluding hydrogens is 321 g/mol. The number of halogens is 4. The van der Waals surface area contributed by atoms with E-state index in [1.165, 1.54) is 12.1 Å². The molecule has 2 nitrogen and oxygen atoms in total. The van der Waals surface area contributed by atoms with Gasteiger partial charge in [-0.15, -0.1) is 0 Å². The SMILES string of the molecule is C[C@@H](c1cc(C(F)(F)F)ccc1Br)N1CCNCC1. The minimum Gasteiger partial charge on any atom is -0.314 e. The largest absolute Gasteiger partial charge is 0.416 e. The standard InChI is InChI=1S/C13H16BrF3N2/c1-9(19-6-4-18-5-7-19)11-8-10(13(15,16)17)2-3-12(11)14/h2-3,8-9,18H,4-7H2,1H3/t9-/m0/s1. The third kappa shape index (κ3) is 3.49. The van der Waals surface area contributed by atoms with E-state index in [2.05, 4.69) is 26.1 Å². The van der Waals surface area contributed by atoms with Crippen molar-refractivity contribution in [2.45, 2.75) is 19.1 Å². The zero-order chi connectivity index (χ0) is 14.0. The van der Waals surface area contributed by atoms with Gasteiger partial charge in [0.15, 0.2) is 0 Å². The molecule has 1 aromatic rings. The Kier molecular flexibility index (Phi) is 4.53. The lowest BCUT2D eigenvalue weighted by Crippen LogP contribution is -2.44. The van der Waals surface area contributed by atoms with Crippen molar-refractivity contribution < 1.29 is 13.2 Å². The Morgan fingerprint density at radius 3 is 2.47 bits per heavy atom. The number of nitrogens with zero attached hydrogens (tertiary/aromatic N) is 1. The summed E-state index contributed by atoms with van der Waals surface area (Å²) < 4.78 is 39.0. The van der Waals surface area contributed by atoms with Crippen LogP contribution < -0.4 is 5.32 Å². The van der Waals surface area contributed by atoms with Crippen LogP contribution >= 0.6 is 15.9 Å². The highest BCUT2D eigenvalue weighted by molar-refractivity contribution is 9.10. The summed E-state index contributed by atoms with van der Waals surface area (Å²) in [6.45, 7) is 5.40. The van der Waals surface area contributed by atoms with Gasteiger partial charge in [0.2, 0.25) is 0 Å². The lowest BCUT2D eigenvalue weighted by Gasteiger charge is -2.33. The second-order valence-corrected chi connectivity index (χ2v) is 5.55. The second kappa shape index (κ2) is 5.81. The van der Waals surface area contributed by atoms with Gasteiger partial charge in [0.05, 0.1) is 5.56 Å². The molecule has 1 atom stereocenters. The predicted octanol–water partition coefficient (Wildman–Crippen LogP) is 3.43. The molecule has 106 valence electrons. The van der Waals surface area contributed by atoms with Crippen LogP contribution in [0.4, 0.5) is 13.2 Å². The maximum atomic E-state index is 12.8. The molecule has 0 bridgehead atoms. The molecule has 0 amide bonds. The molecule has 2 rings (SSSR count). The summed E-state index contributed by atoms with van der Waals surface area (Å²) in [6.07, 6.45) is -4.29. The lowest BCUT2D eigenvalue weighted by atomic mass is 10.0. The van der Waals surface area contributed by atoms with Gasteiger partial charge in [-0.05, 0) is 30.7 Å². The van der Waals surface area contributed by atoms with Crippen molar-refractivity contribution in [2.75, 3.05) is 26.2 Å². The summed E-state index contributed by atoms with van der Waals surface area (Å²) in [5.74, 6) is 0. The summed E-state index contributed by atoms with van der Waals surface area (Å²) >= 11 is 3.35. The van der Waals surface area contributed by atoms with Crippen LogP contribution in [0.2, 0.25) is 0 Å². The van der Waals surface area contributed by atoms with Gasteiger partial charge in [-0.1, -0.05) is 15.9 Å². The normalized spacial score (nSPS) is 19.4. The van der Waals surface area contributed by atoms with Gasteiger partial charge in [0.25, 0.3) is 0 Å². The van der Waals surface area contributed by atoms with Crippen LogP contribution in [-0.4, -0.2) is 31.1 Å². The first-order valence-corrected chi connectivity index (χ1v) is 7.00. The van der Waals surface area contributed by atoms with Crippen LogP contribution in [0, 0.1) is 0 Å². The van der Waals surface area contributed by atoms with Gasteiger partial charge >= 0.3 is 6.18 Å². The van der Waals surface area contributed by atoms with Gasteiger partial charge < -0.3 is 5.32 Å². The van der Waals surface area contributed by atoms with Crippen molar-refractivity contribution in [1.82, 2.24) is 10.2 Å². The third-order valence-electron chi connectivity index (χ3n) is 3.47. The Morgan fingerprint density at radius 1 is 1.26 bits per heavy atom. The number of rotatable bonds is 2. The molecule has 1 saturated heterocycles. The molecule has 6 heteroatoms. The van der Waals surface area contributed by atoms with Crippen molar-refractivity contribution >= 4 is 15.9 Å². The van der Waals surface area contributed by atoms with Crippen LogP contribution in [0.3, 0.4) is 0 Å². The number of hydrogen-bond acceptors (Lipinski definition) is 2. The first-order chi connectivity index (χ1) is 8.89. The quantitative estimate of drug-likeness (QED) is 0.890. The van der Waals surface area contributed by atoms with E-state index in [9.17, 15) is 13.2 Å². The first-order valence-electron chi connectivity index (χ1n) is 6.21. The van der Waals surface area contributed by atoms with Crippen LogP contribution in [0.25, 0.3) is 0 Å². The molecular formula is C13H16BrF3N2. The van der Waals surface area contributed by atoms with E-state index in [4.69, 9.17) is 0 Å². The first kappa shape index (κ1) is 14.8. The second-order valence-electron chi connectivity index (χ2n) is 4.70. The van der Waals surface area contributed by atoms with Crippen LogP contribution in [0.5, 0.6) is 0 Å². The van der Waals surface area contributed by atoms with Gasteiger partial charge in [0.1, 0.15) is 0 Å². The Morgan fingerprint density at radius 2 is 1.89 bits per heavy atom. The number of piperazine rings is 1. The fraction of sp³-hybridized carbons (Fsp3) is 0.538. The maximum Gasteiger partial charge on any atom is 0.416 e. The summed E-state index contributed by atoms with van der Waals surface area (Å²) in [5, 5.41) is 3.24. The van der Waals surface area contributed by atoms with Gasteiger partial charge in [-0.2, -0.15) is 13.2 Å². The zero-order valence-electron chi connectivity index (χ0n) is 10.6. The molecule has 0 aromatic heterocycles. The molecule has 1 N–H and O–H groups in total. The lowest BCUT2D eigenvalue weighted by molar-refractivity contribution is -0.137. The zero-order valence-corrected chi connectivity index (χ0v) is 12.2. The maximum absolute atomic E-state index is 12.8. The molecule has 0 spiro atoms. The highest BCUT2D eigenvalue weighted by atomic mass is 79.9. The van der Waals surface area contributed by atoms with E-state index in [0.717, 1.165) is 36.7 Å². The van der Waals surface area contributed by atoms with Gasteiger partial charge in [0, 0.05) is 36.7 Å².